The van der Waals surface area contributed by atoms with Crippen LogP contribution in [0.15, 0.2) is 30.5 Å². The Bertz CT molecular complexity index is 631. The third-order valence-electron chi connectivity index (χ3n) is 3.00. The van der Waals surface area contributed by atoms with Crippen molar-refractivity contribution in [3.8, 4) is 0 Å². The molecule has 106 valence electrons. The average molecular weight is 291 g/mol. The number of halogens is 1. The molecule has 0 bridgehead atoms. The van der Waals surface area contributed by atoms with Crippen LogP contribution >= 0.6 is 11.6 Å². The van der Waals surface area contributed by atoms with E-state index in [1.165, 1.54) is 0 Å². The molecular formula is C15H19ClN4. The number of anilines is 1. The molecule has 0 spiro atoms. The fourth-order valence-corrected chi connectivity index (χ4v) is 1.93. The maximum absolute atomic E-state index is 7.92. The van der Waals surface area contributed by atoms with Gasteiger partial charge in [0.05, 0.1) is 18.0 Å². The Morgan fingerprint density at radius 2 is 2.05 bits per heavy atom. The molecule has 1 heterocycles. The highest BCUT2D eigenvalue weighted by Crippen LogP contribution is 2.24. The van der Waals surface area contributed by atoms with E-state index in [2.05, 4.69) is 15.6 Å². The normalized spacial score (nSPS) is 11.4. The first-order valence-electron chi connectivity index (χ1n) is 6.49. The van der Waals surface area contributed by atoms with Gasteiger partial charge in [-0.15, -0.1) is 0 Å². The molecule has 2 rings (SSSR count). The van der Waals surface area contributed by atoms with Gasteiger partial charge in [-0.25, -0.2) is 0 Å². The van der Waals surface area contributed by atoms with E-state index in [1.54, 1.807) is 6.20 Å². The Kier molecular flexibility index (Phi) is 4.14. The van der Waals surface area contributed by atoms with Gasteiger partial charge in [0.2, 0.25) is 0 Å². The highest BCUT2D eigenvalue weighted by atomic mass is 35.5. The summed E-state index contributed by atoms with van der Waals surface area (Å²) in [6, 6.07) is 7.55. The number of amidine groups is 1. The van der Waals surface area contributed by atoms with E-state index < -0.39 is 0 Å². The highest BCUT2D eigenvalue weighted by molar-refractivity contribution is 6.31. The number of nitrogens with zero attached hydrogens (tertiary/aromatic N) is 1. The summed E-state index contributed by atoms with van der Waals surface area (Å²) < 4.78 is 0. The van der Waals surface area contributed by atoms with E-state index in [9.17, 15) is 0 Å². The molecule has 5 heteroatoms. The molecule has 0 unspecified atom stereocenters. The van der Waals surface area contributed by atoms with Crippen molar-refractivity contribution in [1.82, 2.24) is 10.3 Å². The monoisotopic (exact) mass is 290 g/mol. The van der Waals surface area contributed by atoms with Gasteiger partial charge in [0.25, 0.3) is 0 Å². The Morgan fingerprint density at radius 1 is 1.30 bits per heavy atom. The van der Waals surface area contributed by atoms with Crippen molar-refractivity contribution in [2.45, 2.75) is 20.8 Å². The first-order valence-corrected chi connectivity index (χ1v) is 6.87. The molecule has 0 atom stereocenters. The molecule has 0 aliphatic heterocycles. The van der Waals surface area contributed by atoms with E-state index in [1.807, 2.05) is 45.0 Å². The first kappa shape index (κ1) is 14.6. The van der Waals surface area contributed by atoms with E-state index >= 15 is 0 Å². The minimum Gasteiger partial charge on any atom is -0.367 e. The molecule has 1 aromatic heterocycles. The molecule has 20 heavy (non-hydrogen) atoms. The van der Waals surface area contributed by atoms with Crippen LogP contribution in [0.2, 0.25) is 5.02 Å². The molecule has 1 aromatic carbocycles. The maximum atomic E-state index is 7.92. The molecular weight excluding hydrogens is 272 g/mol. The maximum Gasteiger partial charge on any atom is 0.1000 e. The molecule has 0 radical (unpaired) electrons. The van der Waals surface area contributed by atoms with Gasteiger partial charge in [-0.3, -0.25) is 10.4 Å². The second-order valence-corrected chi connectivity index (χ2v) is 6.11. The fourth-order valence-electron chi connectivity index (χ4n) is 1.77. The number of pyridine rings is 1. The standard InChI is InChI=1S/C15H19ClN4/c1-15(2,3)14(17)20-9-19-12-6-7-18-13-8-10(16)4-5-11(12)13/h4-8H,9H2,1-3H3,(H2,17,20)(H,18,19). The van der Waals surface area contributed by atoms with Crippen LogP contribution in [-0.2, 0) is 0 Å². The Hall–Kier alpha value is -1.81. The van der Waals surface area contributed by atoms with Crippen LogP contribution < -0.4 is 10.6 Å². The fraction of sp³-hybridized carbons (Fsp3) is 0.333. The quantitative estimate of drug-likeness (QED) is 0.457. The molecule has 0 aliphatic rings. The lowest BCUT2D eigenvalue weighted by atomic mass is 9.95. The third-order valence-corrected chi connectivity index (χ3v) is 3.23. The van der Waals surface area contributed by atoms with Gasteiger partial charge in [0, 0.05) is 27.7 Å². The molecule has 0 amide bonds. The minimum absolute atomic E-state index is 0.171. The van der Waals surface area contributed by atoms with Crippen LogP contribution in [0.5, 0.6) is 0 Å². The number of aromatic nitrogens is 1. The summed E-state index contributed by atoms with van der Waals surface area (Å²) >= 11 is 5.97. The van der Waals surface area contributed by atoms with Gasteiger partial charge in [-0.2, -0.15) is 0 Å². The lowest BCUT2D eigenvalue weighted by molar-refractivity contribution is 0.562. The number of fused-ring (bicyclic) bond motifs is 1. The van der Waals surface area contributed by atoms with Crippen molar-refractivity contribution in [2.75, 3.05) is 12.0 Å². The summed E-state index contributed by atoms with van der Waals surface area (Å²) in [7, 11) is 0. The zero-order valence-electron chi connectivity index (χ0n) is 11.9. The van der Waals surface area contributed by atoms with Crippen molar-refractivity contribution in [3.63, 3.8) is 0 Å². The number of hydrogen-bond acceptors (Lipinski definition) is 3. The molecule has 4 nitrogen and oxygen atoms in total. The van der Waals surface area contributed by atoms with Crippen LogP contribution in [0.4, 0.5) is 5.69 Å². The molecule has 0 fully saturated rings. The third kappa shape index (κ3) is 3.39. The van der Waals surface area contributed by atoms with Gasteiger partial charge in [0.15, 0.2) is 0 Å². The average Bonchev–Trinajstić information content (AvgIpc) is 2.37. The van der Waals surface area contributed by atoms with Crippen molar-refractivity contribution in [2.24, 2.45) is 5.41 Å². The predicted octanol–water partition coefficient (Wildman–Crippen LogP) is 3.87. The number of rotatable bonds is 3. The van der Waals surface area contributed by atoms with Gasteiger partial charge < -0.3 is 10.6 Å². The number of hydrogen-bond donors (Lipinski definition) is 3. The zero-order chi connectivity index (χ0) is 14.8. The van der Waals surface area contributed by atoms with E-state index in [0.717, 1.165) is 16.6 Å². The van der Waals surface area contributed by atoms with Crippen LogP contribution in [-0.4, -0.2) is 17.5 Å². The first-order chi connectivity index (χ1) is 9.38. The van der Waals surface area contributed by atoms with Crippen LogP contribution in [0, 0.1) is 10.8 Å². The Labute approximate surface area is 124 Å². The Balaban J connectivity index is 2.09. The van der Waals surface area contributed by atoms with E-state index in [0.29, 0.717) is 17.5 Å². The lowest BCUT2D eigenvalue weighted by Crippen LogP contribution is -2.37. The molecule has 0 aliphatic carbocycles. The number of nitrogens with one attached hydrogen (secondary N) is 3. The van der Waals surface area contributed by atoms with Gasteiger partial charge >= 0.3 is 0 Å². The van der Waals surface area contributed by atoms with Gasteiger partial charge in [0.1, 0.15) is 0 Å². The summed E-state index contributed by atoms with van der Waals surface area (Å²) in [6.07, 6.45) is 1.75. The van der Waals surface area contributed by atoms with Gasteiger partial charge in [-0.1, -0.05) is 32.4 Å². The second-order valence-electron chi connectivity index (χ2n) is 5.68. The largest absolute Gasteiger partial charge is 0.367 e. The minimum atomic E-state index is -0.171. The van der Waals surface area contributed by atoms with Crippen LogP contribution in [0.3, 0.4) is 0 Å². The summed E-state index contributed by atoms with van der Waals surface area (Å²) in [5.41, 5.74) is 1.66. The van der Waals surface area contributed by atoms with Crippen molar-refractivity contribution in [1.29, 1.82) is 5.41 Å². The summed E-state index contributed by atoms with van der Waals surface area (Å²) in [6.45, 7) is 6.52. The summed E-state index contributed by atoms with van der Waals surface area (Å²) in [5, 5.41) is 16.0. The van der Waals surface area contributed by atoms with Crippen molar-refractivity contribution in [3.05, 3.63) is 35.5 Å². The van der Waals surface area contributed by atoms with Crippen molar-refractivity contribution >= 4 is 34.0 Å². The lowest BCUT2D eigenvalue weighted by Gasteiger charge is -2.21. The van der Waals surface area contributed by atoms with Gasteiger partial charge in [-0.05, 0) is 24.3 Å². The highest BCUT2D eigenvalue weighted by Gasteiger charge is 2.16. The van der Waals surface area contributed by atoms with Crippen LogP contribution in [0.25, 0.3) is 10.9 Å². The zero-order valence-corrected chi connectivity index (χ0v) is 12.7. The summed E-state index contributed by atoms with van der Waals surface area (Å²) in [5.74, 6) is 0.506. The Morgan fingerprint density at radius 3 is 2.75 bits per heavy atom. The van der Waals surface area contributed by atoms with Crippen molar-refractivity contribution < 1.29 is 0 Å². The van der Waals surface area contributed by atoms with E-state index in [-0.39, 0.29) is 5.41 Å². The SMILES string of the molecule is CC(C)(C)C(=N)NCNc1ccnc2cc(Cl)ccc12. The molecule has 2 aromatic rings. The topological polar surface area (TPSA) is 60.8 Å². The summed E-state index contributed by atoms with van der Waals surface area (Å²) in [4.78, 5) is 4.30. The predicted molar refractivity (Wildman–Crippen MR) is 85.6 cm³/mol. The van der Waals surface area contributed by atoms with Crippen LogP contribution in [0.1, 0.15) is 20.8 Å². The molecule has 3 N–H and O–H groups in total. The second kappa shape index (κ2) is 5.67. The smallest absolute Gasteiger partial charge is 0.1000 e. The molecule has 0 saturated carbocycles. The van der Waals surface area contributed by atoms with E-state index in [4.69, 9.17) is 17.0 Å². The number of benzene rings is 1. The molecule has 0 saturated heterocycles.